The molecule has 0 heterocycles. The van der Waals surface area contributed by atoms with Crippen LogP contribution in [-0.4, -0.2) is 19.4 Å². The molecule has 11 heteroatoms. The molecule has 0 atom stereocenters. The maximum absolute atomic E-state index is 11.0. The monoisotopic (exact) mass is 314 g/mol. The molecule has 8 nitrogen and oxygen atoms in total. The summed E-state index contributed by atoms with van der Waals surface area (Å²) in [6.07, 6.45) is -1.39. The third-order valence-electron chi connectivity index (χ3n) is 1.53. The van der Waals surface area contributed by atoms with Crippen LogP contribution in [0.4, 0.5) is 10.5 Å². The van der Waals surface area contributed by atoms with Gasteiger partial charge in [0, 0.05) is 22.8 Å². The van der Waals surface area contributed by atoms with E-state index < -0.39 is 20.3 Å². The molecule has 0 bridgehead atoms. The average molecular weight is 315 g/mol. The quantitative estimate of drug-likeness (QED) is 0.517. The summed E-state index contributed by atoms with van der Waals surface area (Å²) in [5.41, 5.74) is -0.308. The molecule has 0 spiro atoms. The topological polar surface area (TPSA) is 116 Å². The molecule has 98 valence electrons. The highest BCUT2D eigenvalue weighted by molar-refractivity contribution is 8.12. The first-order chi connectivity index (χ1) is 8.19. The minimum atomic E-state index is -4.28. The van der Waals surface area contributed by atoms with Gasteiger partial charge >= 0.3 is 15.3 Å². The van der Waals surface area contributed by atoms with Gasteiger partial charge in [0.05, 0.1) is 9.95 Å². The van der Waals surface area contributed by atoms with Crippen LogP contribution in [-0.2, 0) is 9.24 Å². The smallest absolute Gasteiger partial charge is 0.408 e. The number of halogens is 2. The number of nitro groups is 1. The van der Waals surface area contributed by atoms with E-state index in [9.17, 15) is 23.3 Å². The van der Waals surface area contributed by atoms with Crippen molar-refractivity contribution in [3.05, 3.63) is 33.3 Å². The van der Waals surface area contributed by atoms with Crippen molar-refractivity contribution < 1.29 is 22.9 Å². The van der Waals surface area contributed by atoms with Crippen molar-refractivity contribution in [3.8, 4) is 5.75 Å². The van der Waals surface area contributed by atoms with Crippen molar-refractivity contribution in [1.29, 1.82) is 0 Å². The molecule has 0 unspecified atom stereocenters. The van der Waals surface area contributed by atoms with Crippen LogP contribution < -0.4 is 9.46 Å². The minimum Gasteiger partial charge on any atom is -0.408 e. The van der Waals surface area contributed by atoms with Crippen molar-refractivity contribution in [2.45, 2.75) is 0 Å². The number of nitrogens with zero attached hydrogens (tertiary/aromatic N) is 1. The zero-order chi connectivity index (χ0) is 13.9. The standard InChI is InChI=1S/C7H4Cl2N2O6S/c8-5-3-4(11(13)14)1-2-6(5)17-7(12)10-18(9,15)16/h1-3H,(H,10,12). The second kappa shape index (κ2) is 5.38. The Morgan fingerprint density at radius 2 is 2.06 bits per heavy atom. The second-order valence-corrected chi connectivity index (χ2v) is 5.51. The fourth-order valence-corrected chi connectivity index (χ4v) is 1.55. The molecule has 0 saturated heterocycles. The van der Waals surface area contributed by atoms with Crippen LogP contribution in [0.25, 0.3) is 0 Å². The van der Waals surface area contributed by atoms with E-state index in [2.05, 4.69) is 4.74 Å². The number of ether oxygens (including phenoxy) is 1. The Bertz CT molecular complexity index is 602. The number of non-ortho nitro benzene ring substituents is 1. The number of hydrogen-bond acceptors (Lipinski definition) is 6. The summed E-state index contributed by atoms with van der Waals surface area (Å²) in [6, 6.07) is 3.02. The molecule has 1 amide bonds. The van der Waals surface area contributed by atoms with Crippen molar-refractivity contribution in [3.63, 3.8) is 0 Å². The number of carbonyl (C=O) groups is 1. The molecular formula is C7H4Cl2N2O6S. The maximum atomic E-state index is 11.0. The predicted molar refractivity (Wildman–Crippen MR) is 62.0 cm³/mol. The number of carbonyl (C=O) groups excluding carboxylic acids is 1. The molecule has 1 rings (SSSR count). The van der Waals surface area contributed by atoms with Gasteiger partial charge in [0.25, 0.3) is 5.69 Å². The van der Waals surface area contributed by atoms with E-state index in [1.807, 2.05) is 0 Å². The number of hydrogen-bond donors (Lipinski definition) is 1. The number of amides is 1. The van der Waals surface area contributed by atoms with Gasteiger partial charge in [-0.1, -0.05) is 11.6 Å². The molecule has 18 heavy (non-hydrogen) atoms. The molecule has 1 aromatic rings. The van der Waals surface area contributed by atoms with Crippen molar-refractivity contribution >= 4 is 43.3 Å². The van der Waals surface area contributed by atoms with E-state index in [0.717, 1.165) is 18.2 Å². The lowest BCUT2D eigenvalue weighted by Gasteiger charge is -2.05. The third kappa shape index (κ3) is 4.35. The molecule has 0 radical (unpaired) electrons. The Morgan fingerprint density at radius 1 is 1.44 bits per heavy atom. The third-order valence-corrected chi connectivity index (χ3v) is 2.47. The van der Waals surface area contributed by atoms with Gasteiger partial charge in [-0.3, -0.25) is 10.1 Å². The second-order valence-electron chi connectivity index (χ2n) is 2.80. The zero-order valence-electron chi connectivity index (χ0n) is 8.29. The molecule has 0 fully saturated rings. The van der Waals surface area contributed by atoms with Crippen molar-refractivity contribution in [2.24, 2.45) is 0 Å². The highest BCUT2D eigenvalue weighted by Gasteiger charge is 2.16. The van der Waals surface area contributed by atoms with Crippen LogP contribution in [0.15, 0.2) is 18.2 Å². The Kier molecular flexibility index (Phi) is 4.33. The van der Waals surface area contributed by atoms with Gasteiger partial charge in [-0.2, -0.15) is 8.42 Å². The Morgan fingerprint density at radius 3 is 2.50 bits per heavy atom. The number of rotatable bonds is 3. The summed E-state index contributed by atoms with van der Waals surface area (Å²) in [5.74, 6) is -0.250. The first-order valence-corrected chi connectivity index (χ1v) is 6.76. The first-order valence-electron chi connectivity index (χ1n) is 4.07. The van der Waals surface area contributed by atoms with Gasteiger partial charge in [-0.25, -0.2) is 9.52 Å². The lowest BCUT2D eigenvalue weighted by Crippen LogP contribution is -2.29. The highest BCUT2D eigenvalue weighted by atomic mass is 35.7. The minimum absolute atomic E-state index is 0.230. The van der Waals surface area contributed by atoms with E-state index in [0.29, 0.717) is 0 Å². The van der Waals surface area contributed by atoms with Gasteiger partial charge in [0.1, 0.15) is 0 Å². The fourth-order valence-electron chi connectivity index (χ4n) is 0.906. The molecule has 0 aliphatic heterocycles. The predicted octanol–water partition coefficient (Wildman–Crippen LogP) is 1.82. The van der Waals surface area contributed by atoms with Gasteiger partial charge in [0.2, 0.25) is 0 Å². The highest BCUT2D eigenvalue weighted by Crippen LogP contribution is 2.28. The zero-order valence-corrected chi connectivity index (χ0v) is 10.6. The molecule has 0 aromatic heterocycles. The van der Waals surface area contributed by atoms with Crippen LogP contribution in [0.3, 0.4) is 0 Å². The number of nitrogens with one attached hydrogen (secondary N) is 1. The van der Waals surface area contributed by atoms with Crippen molar-refractivity contribution in [2.75, 3.05) is 0 Å². The molecule has 0 aliphatic rings. The van der Waals surface area contributed by atoms with E-state index in [-0.39, 0.29) is 16.5 Å². The summed E-state index contributed by atoms with van der Waals surface area (Å²) in [5, 5.41) is 10.2. The van der Waals surface area contributed by atoms with Crippen LogP contribution in [0, 0.1) is 10.1 Å². The fraction of sp³-hybridized carbons (Fsp3) is 0. The lowest BCUT2D eigenvalue weighted by molar-refractivity contribution is -0.384. The van der Waals surface area contributed by atoms with Crippen LogP contribution >= 0.6 is 22.3 Å². The summed E-state index contributed by atoms with van der Waals surface area (Å²) in [4.78, 5) is 20.7. The van der Waals surface area contributed by atoms with Crippen molar-refractivity contribution in [1.82, 2.24) is 4.72 Å². The Balaban J connectivity index is 2.86. The largest absolute Gasteiger partial charge is 0.427 e. The Hall–Kier alpha value is -1.58. The summed E-state index contributed by atoms with van der Waals surface area (Å²) < 4.78 is 26.8. The molecule has 0 aliphatic carbocycles. The van der Waals surface area contributed by atoms with Crippen LogP contribution in [0.2, 0.25) is 5.02 Å². The summed E-state index contributed by atoms with van der Waals surface area (Å²) >= 11 is 5.60. The lowest BCUT2D eigenvalue weighted by atomic mass is 10.3. The number of benzene rings is 1. The van der Waals surface area contributed by atoms with Crippen LogP contribution in [0.5, 0.6) is 5.75 Å². The Labute approximate surface area is 110 Å². The first kappa shape index (κ1) is 14.5. The van der Waals surface area contributed by atoms with Gasteiger partial charge < -0.3 is 4.74 Å². The summed E-state index contributed by atoms with van der Waals surface area (Å²) in [7, 11) is 0.457. The average Bonchev–Trinajstić information content (AvgIpc) is 2.17. The normalized spacial score (nSPS) is 10.8. The van der Waals surface area contributed by atoms with E-state index in [1.165, 1.54) is 4.72 Å². The SMILES string of the molecule is O=C(NS(=O)(=O)Cl)Oc1ccc([N+](=O)[O-])cc1Cl. The summed E-state index contributed by atoms with van der Waals surface area (Å²) in [6.45, 7) is 0. The molecule has 0 saturated carbocycles. The molecule has 1 N–H and O–H groups in total. The molecule has 1 aromatic carbocycles. The van der Waals surface area contributed by atoms with E-state index in [1.54, 1.807) is 0 Å². The van der Waals surface area contributed by atoms with Gasteiger partial charge in [-0.05, 0) is 6.07 Å². The van der Waals surface area contributed by atoms with Gasteiger partial charge in [0.15, 0.2) is 5.75 Å². The van der Waals surface area contributed by atoms with E-state index >= 15 is 0 Å². The molecular weight excluding hydrogens is 311 g/mol. The van der Waals surface area contributed by atoms with Crippen LogP contribution in [0.1, 0.15) is 0 Å². The van der Waals surface area contributed by atoms with Gasteiger partial charge in [-0.15, -0.1) is 0 Å². The van der Waals surface area contributed by atoms with E-state index in [4.69, 9.17) is 22.3 Å². The maximum Gasteiger partial charge on any atom is 0.427 e. The number of nitro benzene ring substituents is 1.